The van der Waals surface area contributed by atoms with Crippen molar-refractivity contribution < 1.29 is 36.6 Å². The van der Waals surface area contributed by atoms with E-state index in [9.17, 15) is 22.8 Å². The molecule has 0 atom stereocenters. The number of hydrogen-bond acceptors (Lipinski definition) is 6. The first-order chi connectivity index (χ1) is 16.2. The van der Waals surface area contributed by atoms with Crippen LogP contribution in [0.3, 0.4) is 0 Å². The summed E-state index contributed by atoms with van der Waals surface area (Å²) in [5.41, 5.74) is -0.339. The maximum absolute atomic E-state index is 13.7. The van der Waals surface area contributed by atoms with E-state index in [0.717, 1.165) is 11.6 Å². The number of alkyl halides is 3. The molecule has 0 aliphatic heterocycles. The predicted octanol–water partition coefficient (Wildman–Crippen LogP) is 6.14. The number of esters is 1. The molecule has 6 nitrogen and oxygen atoms in total. The van der Waals surface area contributed by atoms with E-state index in [1.165, 1.54) is 43.5 Å². The van der Waals surface area contributed by atoms with E-state index in [0.29, 0.717) is 5.75 Å². The minimum absolute atomic E-state index is 0.0124. The highest BCUT2D eigenvalue weighted by atomic mass is 19.4. The van der Waals surface area contributed by atoms with Crippen LogP contribution in [0.25, 0.3) is 11.0 Å². The van der Waals surface area contributed by atoms with Gasteiger partial charge in [0.25, 0.3) is 5.76 Å². The van der Waals surface area contributed by atoms with Gasteiger partial charge in [0, 0.05) is 6.07 Å². The molecule has 4 rings (SSSR count). The Kier molecular flexibility index (Phi) is 6.02. The van der Waals surface area contributed by atoms with Crippen LogP contribution in [-0.2, 0) is 6.18 Å². The predicted molar refractivity (Wildman–Crippen MR) is 117 cm³/mol. The van der Waals surface area contributed by atoms with Gasteiger partial charge in [-0.3, -0.25) is 4.79 Å². The van der Waals surface area contributed by atoms with Gasteiger partial charge in [-0.25, -0.2) is 4.79 Å². The Labute approximate surface area is 191 Å². The molecule has 0 aliphatic rings. The van der Waals surface area contributed by atoms with E-state index >= 15 is 0 Å². The van der Waals surface area contributed by atoms with Crippen molar-refractivity contribution in [1.29, 1.82) is 0 Å². The van der Waals surface area contributed by atoms with Crippen LogP contribution in [-0.4, -0.2) is 13.1 Å². The summed E-state index contributed by atoms with van der Waals surface area (Å²) < 4.78 is 61.7. The molecule has 34 heavy (non-hydrogen) atoms. The van der Waals surface area contributed by atoms with Crippen LogP contribution < -0.4 is 19.6 Å². The maximum atomic E-state index is 13.7. The summed E-state index contributed by atoms with van der Waals surface area (Å²) in [4.78, 5) is 25.3. The molecule has 0 spiro atoms. The zero-order valence-electron chi connectivity index (χ0n) is 17.9. The van der Waals surface area contributed by atoms with Crippen molar-refractivity contribution in [2.24, 2.45) is 0 Å². The second-order valence-electron chi connectivity index (χ2n) is 7.28. The molecule has 4 aromatic rings. The summed E-state index contributed by atoms with van der Waals surface area (Å²) >= 11 is 0. The van der Waals surface area contributed by atoms with Crippen LogP contribution in [0.2, 0.25) is 0 Å². The van der Waals surface area contributed by atoms with Gasteiger partial charge in [0.15, 0.2) is 0 Å². The van der Waals surface area contributed by atoms with E-state index in [2.05, 4.69) is 0 Å². The molecular formula is C25H17F3O6. The monoisotopic (exact) mass is 470 g/mol. The molecule has 0 saturated carbocycles. The summed E-state index contributed by atoms with van der Waals surface area (Å²) in [5.74, 6) is -2.96. The van der Waals surface area contributed by atoms with Crippen molar-refractivity contribution in [2.75, 3.05) is 7.11 Å². The van der Waals surface area contributed by atoms with Crippen LogP contribution in [0.4, 0.5) is 13.2 Å². The van der Waals surface area contributed by atoms with Gasteiger partial charge >= 0.3 is 12.1 Å². The zero-order chi connectivity index (χ0) is 24.5. The zero-order valence-corrected chi connectivity index (χ0v) is 17.9. The lowest BCUT2D eigenvalue weighted by Crippen LogP contribution is -2.15. The first kappa shape index (κ1) is 22.9. The molecule has 174 valence electrons. The normalized spacial score (nSPS) is 11.3. The summed E-state index contributed by atoms with van der Waals surface area (Å²) in [6.07, 6.45) is -5.02. The largest absolute Gasteiger partial charge is 0.497 e. The number of fused-ring (bicyclic) bond motifs is 1. The molecule has 0 radical (unpaired) electrons. The average Bonchev–Trinajstić information content (AvgIpc) is 2.80. The van der Waals surface area contributed by atoms with E-state index < -0.39 is 34.7 Å². The number of benzene rings is 3. The highest BCUT2D eigenvalue weighted by Gasteiger charge is 2.40. The lowest BCUT2D eigenvalue weighted by atomic mass is 10.1. The number of halogens is 3. The second-order valence-corrected chi connectivity index (χ2v) is 7.28. The van der Waals surface area contributed by atoms with Crippen molar-refractivity contribution in [3.05, 3.63) is 93.8 Å². The van der Waals surface area contributed by atoms with Crippen LogP contribution in [0.15, 0.2) is 75.9 Å². The number of ether oxygens (including phenoxy) is 3. The maximum Gasteiger partial charge on any atom is 0.453 e. The molecule has 9 heteroatoms. The smallest absolute Gasteiger partial charge is 0.453 e. The Bertz CT molecular complexity index is 1420. The molecule has 0 fully saturated rings. The van der Waals surface area contributed by atoms with Gasteiger partial charge in [0.2, 0.25) is 11.2 Å². The third-order valence-electron chi connectivity index (χ3n) is 4.82. The average molecular weight is 470 g/mol. The molecule has 0 amide bonds. The third kappa shape index (κ3) is 4.73. The standard InChI is InChI=1S/C25H17F3O6/c1-14-4-3-5-15(12-14)24(30)33-18-10-11-19-20(13-18)34-23(25(26,27)28)22(21(19)29)32-17-8-6-16(31-2)7-9-17/h3-13H,1-2H3. The first-order valence-corrected chi connectivity index (χ1v) is 9.94. The van der Waals surface area contributed by atoms with Gasteiger partial charge < -0.3 is 18.6 Å². The van der Waals surface area contributed by atoms with Crippen LogP contribution in [0, 0.1) is 6.92 Å². The first-order valence-electron chi connectivity index (χ1n) is 9.94. The Morgan fingerprint density at radius 3 is 2.24 bits per heavy atom. The molecule has 3 aromatic carbocycles. The molecule has 0 N–H and O–H groups in total. The Balaban J connectivity index is 1.73. The molecule has 1 heterocycles. The van der Waals surface area contributed by atoms with Gasteiger partial charge in [0.05, 0.1) is 18.1 Å². The van der Waals surface area contributed by atoms with Crippen molar-refractivity contribution in [2.45, 2.75) is 13.1 Å². The lowest BCUT2D eigenvalue weighted by Gasteiger charge is -2.14. The number of hydrogen-bond donors (Lipinski definition) is 0. The summed E-state index contributed by atoms with van der Waals surface area (Å²) in [5, 5.41) is -0.174. The minimum Gasteiger partial charge on any atom is -0.497 e. The SMILES string of the molecule is COc1ccc(Oc2c(C(F)(F)F)oc3cc(OC(=O)c4cccc(C)c4)ccc3c2=O)cc1. The van der Waals surface area contributed by atoms with Gasteiger partial charge in [0.1, 0.15) is 22.8 Å². The number of aryl methyl sites for hydroxylation is 1. The molecular weight excluding hydrogens is 453 g/mol. The fourth-order valence-corrected chi connectivity index (χ4v) is 3.20. The number of carbonyl (C=O) groups excluding carboxylic acids is 1. The summed E-state index contributed by atoms with van der Waals surface area (Å²) in [6.45, 7) is 1.80. The third-order valence-corrected chi connectivity index (χ3v) is 4.82. The highest BCUT2D eigenvalue weighted by Crippen LogP contribution is 2.39. The van der Waals surface area contributed by atoms with Crippen LogP contribution >= 0.6 is 0 Å². The van der Waals surface area contributed by atoms with Gasteiger partial charge in [-0.05, 0) is 55.5 Å². The van der Waals surface area contributed by atoms with E-state index in [-0.39, 0.29) is 22.4 Å². The van der Waals surface area contributed by atoms with E-state index in [1.54, 1.807) is 31.2 Å². The van der Waals surface area contributed by atoms with Crippen molar-refractivity contribution in [3.8, 4) is 23.0 Å². The van der Waals surface area contributed by atoms with Gasteiger partial charge in [-0.2, -0.15) is 13.2 Å². The summed E-state index contributed by atoms with van der Waals surface area (Å²) in [7, 11) is 1.43. The number of methoxy groups -OCH3 is 1. The fourth-order valence-electron chi connectivity index (χ4n) is 3.20. The van der Waals surface area contributed by atoms with Gasteiger partial charge in [-0.15, -0.1) is 0 Å². The molecule has 0 saturated heterocycles. The molecule has 0 bridgehead atoms. The topological polar surface area (TPSA) is 75.0 Å². The highest BCUT2D eigenvalue weighted by molar-refractivity contribution is 5.92. The fraction of sp³-hybridized carbons (Fsp3) is 0.120. The van der Waals surface area contributed by atoms with E-state index in [1.807, 2.05) is 0 Å². The minimum atomic E-state index is -5.02. The molecule has 1 aromatic heterocycles. The molecule has 0 aliphatic carbocycles. The number of carbonyl (C=O) groups is 1. The van der Waals surface area contributed by atoms with E-state index in [4.69, 9.17) is 18.6 Å². The second kappa shape index (κ2) is 8.93. The number of rotatable bonds is 5. The van der Waals surface area contributed by atoms with Crippen molar-refractivity contribution >= 4 is 16.9 Å². The Morgan fingerprint density at radius 1 is 0.912 bits per heavy atom. The van der Waals surface area contributed by atoms with Gasteiger partial charge in [-0.1, -0.05) is 17.7 Å². The molecule has 0 unspecified atom stereocenters. The Hall–Kier alpha value is -4.27. The quantitative estimate of drug-likeness (QED) is 0.258. The van der Waals surface area contributed by atoms with Crippen molar-refractivity contribution in [3.63, 3.8) is 0 Å². The van der Waals surface area contributed by atoms with Crippen LogP contribution in [0.5, 0.6) is 23.0 Å². The lowest BCUT2D eigenvalue weighted by molar-refractivity contribution is -0.154. The Morgan fingerprint density at radius 2 is 1.59 bits per heavy atom. The summed E-state index contributed by atoms with van der Waals surface area (Å²) in [6, 6.07) is 15.8. The van der Waals surface area contributed by atoms with Crippen LogP contribution in [0.1, 0.15) is 21.7 Å². The van der Waals surface area contributed by atoms with Crippen molar-refractivity contribution in [1.82, 2.24) is 0 Å².